The average molecular weight is 437 g/mol. The van der Waals surface area contributed by atoms with Crippen molar-refractivity contribution in [3.63, 3.8) is 0 Å². The minimum atomic E-state index is 0.00122. The fourth-order valence-corrected chi connectivity index (χ4v) is 4.58. The third-order valence-electron chi connectivity index (χ3n) is 6.39. The van der Waals surface area contributed by atoms with Gasteiger partial charge in [0.25, 0.3) is 0 Å². The maximum absolute atomic E-state index is 13.3. The standard InChI is InChI=1S/C27H24N4O2/c28-17-20-9-11-21(12-10-20)18-29-13-15-30(16-14-29)26(32)19-31-24-7-3-1-5-22(24)27(33)23-6-2-4-8-25(23)31/h1-12H,13-16,18-19H2. The highest BCUT2D eigenvalue weighted by molar-refractivity contribution is 5.94. The van der Waals surface area contributed by atoms with E-state index in [4.69, 9.17) is 5.26 Å². The maximum Gasteiger partial charge on any atom is 0.242 e. The predicted molar refractivity (Wildman–Crippen MR) is 129 cm³/mol. The lowest BCUT2D eigenvalue weighted by Gasteiger charge is -2.35. The van der Waals surface area contributed by atoms with Crippen molar-refractivity contribution in [3.05, 3.63) is 94.1 Å². The predicted octanol–water partition coefficient (Wildman–Crippen LogP) is 3.37. The molecule has 0 saturated carbocycles. The summed E-state index contributed by atoms with van der Waals surface area (Å²) in [6.07, 6.45) is 0. The zero-order chi connectivity index (χ0) is 22.8. The van der Waals surface area contributed by atoms with Crippen LogP contribution in [0.5, 0.6) is 0 Å². The molecule has 1 saturated heterocycles. The van der Waals surface area contributed by atoms with Crippen molar-refractivity contribution in [1.29, 1.82) is 5.26 Å². The van der Waals surface area contributed by atoms with Gasteiger partial charge in [-0.15, -0.1) is 0 Å². The number of para-hydroxylation sites is 2. The number of nitrogens with zero attached hydrogens (tertiary/aromatic N) is 4. The molecule has 1 aliphatic heterocycles. The summed E-state index contributed by atoms with van der Waals surface area (Å²) in [5.41, 5.74) is 3.40. The Morgan fingerprint density at radius 2 is 1.39 bits per heavy atom. The monoisotopic (exact) mass is 436 g/mol. The summed E-state index contributed by atoms with van der Waals surface area (Å²) >= 11 is 0. The van der Waals surface area contributed by atoms with E-state index >= 15 is 0 Å². The van der Waals surface area contributed by atoms with Gasteiger partial charge in [0.05, 0.1) is 22.7 Å². The summed E-state index contributed by atoms with van der Waals surface area (Å²) in [7, 11) is 0. The van der Waals surface area contributed by atoms with Crippen LogP contribution >= 0.6 is 0 Å². The van der Waals surface area contributed by atoms with Crippen LogP contribution in [0, 0.1) is 11.3 Å². The molecule has 164 valence electrons. The molecule has 1 amide bonds. The Kier molecular flexibility index (Phi) is 5.64. The number of rotatable bonds is 4. The van der Waals surface area contributed by atoms with Gasteiger partial charge < -0.3 is 9.47 Å². The quantitative estimate of drug-likeness (QED) is 0.460. The van der Waals surface area contributed by atoms with Crippen molar-refractivity contribution in [2.24, 2.45) is 0 Å². The van der Waals surface area contributed by atoms with Crippen LogP contribution < -0.4 is 5.43 Å². The van der Waals surface area contributed by atoms with Crippen LogP contribution in [0.1, 0.15) is 11.1 Å². The highest BCUT2D eigenvalue weighted by Gasteiger charge is 2.22. The number of carbonyl (C=O) groups is 1. The molecule has 1 aliphatic rings. The van der Waals surface area contributed by atoms with E-state index < -0.39 is 0 Å². The smallest absolute Gasteiger partial charge is 0.242 e. The largest absolute Gasteiger partial charge is 0.339 e. The lowest BCUT2D eigenvalue weighted by molar-refractivity contribution is -0.133. The maximum atomic E-state index is 13.3. The van der Waals surface area contributed by atoms with E-state index in [1.165, 1.54) is 5.56 Å². The number of aromatic nitrogens is 1. The first-order valence-corrected chi connectivity index (χ1v) is 11.1. The zero-order valence-corrected chi connectivity index (χ0v) is 18.3. The molecule has 5 rings (SSSR count). The molecule has 0 bridgehead atoms. The van der Waals surface area contributed by atoms with Gasteiger partial charge >= 0.3 is 0 Å². The number of amides is 1. The second-order valence-electron chi connectivity index (χ2n) is 8.42. The Bertz CT molecular complexity index is 1360. The lowest BCUT2D eigenvalue weighted by atomic mass is 10.1. The number of hydrogen-bond acceptors (Lipinski definition) is 4. The van der Waals surface area contributed by atoms with E-state index in [1.807, 2.05) is 82.3 Å². The van der Waals surface area contributed by atoms with E-state index in [-0.39, 0.29) is 17.9 Å². The number of benzene rings is 3. The van der Waals surface area contributed by atoms with E-state index in [2.05, 4.69) is 11.0 Å². The molecule has 0 radical (unpaired) electrons. The van der Waals surface area contributed by atoms with Gasteiger partial charge in [0, 0.05) is 43.5 Å². The summed E-state index contributed by atoms with van der Waals surface area (Å²) in [5.74, 6) is 0.0620. The van der Waals surface area contributed by atoms with Gasteiger partial charge in [-0.1, -0.05) is 36.4 Å². The summed E-state index contributed by atoms with van der Waals surface area (Å²) in [5, 5.41) is 10.2. The molecule has 0 unspecified atom stereocenters. The van der Waals surface area contributed by atoms with Crippen LogP contribution in [-0.4, -0.2) is 46.5 Å². The summed E-state index contributed by atoms with van der Waals surface area (Å²) in [6.45, 7) is 3.96. The van der Waals surface area contributed by atoms with E-state index in [1.54, 1.807) is 0 Å². The van der Waals surface area contributed by atoms with Crippen molar-refractivity contribution >= 4 is 27.7 Å². The van der Waals surface area contributed by atoms with Crippen LogP contribution in [-0.2, 0) is 17.9 Å². The van der Waals surface area contributed by atoms with E-state index in [0.717, 1.165) is 30.7 Å². The van der Waals surface area contributed by atoms with Crippen molar-refractivity contribution in [2.45, 2.75) is 13.1 Å². The summed E-state index contributed by atoms with van der Waals surface area (Å²) in [4.78, 5) is 30.4. The molecule has 1 aromatic heterocycles. The van der Waals surface area contributed by atoms with Gasteiger partial charge in [0.2, 0.25) is 5.91 Å². The zero-order valence-electron chi connectivity index (χ0n) is 18.3. The fraction of sp³-hybridized carbons (Fsp3) is 0.222. The van der Waals surface area contributed by atoms with E-state index in [0.29, 0.717) is 29.4 Å². The SMILES string of the molecule is N#Cc1ccc(CN2CCN(C(=O)Cn3c4ccccc4c(=O)c4ccccc43)CC2)cc1. The Hall–Kier alpha value is -3.95. The third kappa shape index (κ3) is 4.11. The molecule has 1 fully saturated rings. The normalized spacial score (nSPS) is 14.5. The first-order chi connectivity index (χ1) is 16.1. The Morgan fingerprint density at radius 1 is 0.818 bits per heavy atom. The minimum Gasteiger partial charge on any atom is -0.339 e. The second-order valence-corrected chi connectivity index (χ2v) is 8.42. The Morgan fingerprint density at radius 3 is 1.97 bits per heavy atom. The van der Waals surface area contributed by atoms with Gasteiger partial charge in [-0.3, -0.25) is 14.5 Å². The van der Waals surface area contributed by atoms with Crippen LogP contribution in [0.3, 0.4) is 0 Å². The molecule has 0 aliphatic carbocycles. The number of fused-ring (bicyclic) bond motifs is 2. The molecule has 3 aromatic carbocycles. The van der Waals surface area contributed by atoms with Gasteiger partial charge in [0.1, 0.15) is 6.54 Å². The lowest BCUT2D eigenvalue weighted by Crippen LogP contribution is -2.49. The van der Waals surface area contributed by atoms with Crippen molar-refractivity contribution in [2.75, 3.05) is 26.2 Å². The number of nitriles is 1. The van der Waals surface area contributed by atoms with Crippen LogP contribution in [0.25, 0.3) is 21.8 Å². The van der Waals surface area contributed by atoms with Crippen molar-refractivity contribution in [3.8, 4) is 6.07 Å². The Labute approximate surface area is 191 Å². The van der Waals surface area contributed by atoms with Crippen LogP contribution in [0.15, 0.2) is 77.6 Å². The number of piperazine rings is 1. The fourth-order valence-electron chi connectivity index (χ4n) is 4.58. The molecule has 2 heterocycles. The van der Waals surface area contributed by atoms with Gasteiger partial charge in [-0.05, 0) is 42.0 Å². The van der Waals surface area contributed by atoms with Crippen molar-refractivity contribution in [1.82, 2.24) is 14.4 Å². The summed E-state index contributed by atoms with van der Waals surface area (Å²) in [6, 6.07) is 24.8. The molecule has 0 N–H and O–H groups in total. The molecule has 0 atom stereocenters. The van der Waals surface area contributed by atoms with Gasteiger partial charge in [0.15, 0.2) is 5.43 Å². The van der Waals surface area contributed by atoms with Crippen LogP contribution in [0.4, 0.5) is 0 Å². The molecule has 33 heavy (non-hydrogen) atoms. The van der Waals surface area contributed by atoms with Gasteiger partial charge in [-0.2, -0.15) is 5.26 Å². The molecule has 0 spiro atoms. The Balaban J connectivity index is 1.32. The first-order valence-electron chi connectivity index (χ1n) is 11.1. The number of hydrogen-bond donors (Lipinski definition) is 0. The topological polar surface area (TPSA) is 69.3 Å². The van der Waals surface area contributed by atoms with Gasteiger partial charge in [-0.25, -0.2) is 0 Å². The van der Waals surface area contributed by atoms with Crippen molar-refractivity contribution < 1.29 is 4.79 Å². The molecular formula is C27H24N4O2. The van der Waals surface area contributed by atoms with Crippen LogP contribution in [0.2, 0.25) is 0 Å². The second kappa shape index (κ2) is 8.89. The number of pyridine rings is 1. The molecule has 6 heteroatoms. The van der Waals surface area contributed by atoms with E-state index in [9.17, 15) is 9.59 Å². The molecule has 4 aromatic rings. The molecular weight excluding hydrogens is 412 g/mol. The minimum absolute atomic E-state index is 0.00122. The summed E-state index contributed by atoms with van der Waals surface area (Å²) < 4.78 is 1.97. The first kappa shape index (κ1) is 20.9. The highest BCUT2D eigenvalue weighted by atomic mass is 16.2. The average Bonchev–Trinajstić information content (AvgIpc) is 2.87. The third-order valence-corrected chi connectivity index (χ3v) is 6.39. The molecule has 6 nitrogen and oxygen atoms in total. The highest BCUT2D eigenvalue weighted by Crippen LogP contribution is 2.20. The number of carbonyl (C=O) groups excluding carboxylic acids is 1.